The SMILES string of the molecule is ClCCc1nc2cccnc2n1-c1ccc(Cl)c(Cl)c1. The van der Waals surface area contributed by atoms with E-state index in [9.17, 15) is 0 Å². The van der Waals surface area contributed by atoms with Gasteiger partial charge in [-0.05, 0) is 30.3 Å². The molecule has 3 rings (SSSR count). The Morgan fingerprint density at radius 2 is 1.95 bits per heavy atom. The second kappa shape index (κ2) is 5.60. The highest BCUT2D eigenvalue weighted by Gasteiger charge is 2.13. The predicted molar refractivity (Wildman–Crippen MR) is 83.3 cm³/mol. The van der Waals surface area contributed by atoms with E-state index in [1.807, 2.05) is 22.8 Å². The van der Waals surface area contributed by atoms with Crippen LogP contribution in [-0.2, 0) is 6.42 Å². The minimum atomic E-state index is 0.491. The van der Waals surface area contributed by atoms with E-state index in [1.54, 1.807) is 18.3 Å². The van der Waals surface area contributed by atoms with Gasteiger partial charge < -0.3 is 0 Å². The van der Waals surface area contributed by atoms with Crippen molar-refractivity contribution in [3.8, 4) is 5.69 Å². The Bertz CT molecular complexity index is 767. The van der Waals surface area contributed by atoms with Crippen LogP contribution in [0.1, 0.15) is 5.82 Å². The van der Waals surface area contributed by atoms with Crippen LogP contribution in [0.15, 0.2) is 36.5 Å². The maximum Gasteiger partial charge on any atom is 0.164 e. The van der Waals surface area contributed by atoms with Gasteiger partial charge in [0, 0.05) is 18.5 Å². The van der Waals surface area contributed by atoms with Crippen LogP contribution in [0.25, 0.3) is 16.9 Å². The number of fused-ring (bicyclic) bond motifs is 1. The van der Waals surface area contributed by atoms with Crippen LogP contribution in [0.3, 0.4) is 0 Å². The van der Waals surface area contributed by atoms with Crippen LogP contribution in [-0.4, -0.2) is 20.4 Å². The Labute approximate surface area is 131 Å². The fourth-order valence-corrected chi connectivity index (χ4v) is 2.57. The van der Waals surface area contributed by atoms with Gasteiger partial charge in [-0.3, -0.25) is 4.57 Å². The van der Waals surface area contributed by atoms with Gasteiger partial charge in [0.15, 0.2) is 5.65 Å². The van der Waals surface area contributed by atoms with Crippen molar-refractivity contribution in [2.75, 3.05) is 5.88 Å². The number of pyridine rings is 1. The molecule has 0 aliphatic carbocycles. The summed E-state index contributed by atoms with van der Waals surface area (Å²) >= 11 is 17.9. The van der Waals surface area contributed by atoms with Crippen LogP contribution in [0.5, 0.6) is 0 Å². The van der Waals surface area contributed by atoms with Crippen molar-refractivity contribution < 1.29 is 0 Å². The number of aromatic nitrogens is 3. The molecule has 0 fully saturated rings. The first-order chi connectivity index (χ1) is 9.70. The fourth-order valence-electron chi connectivity index (χ4n) is 2.11. The lowest BCUT2D eigenvalue weighted by molar-refractivity contribution is 0.905. The molecule has 0 bridgehead atoms. The van der Waals surface area contributed by atoms with Crippen LogP contribution in [0.2, 0.25) is 10.0 Å². The average molecular weight is 327 g/mol. The minimum Gasteiger partial charge on any atom is -0.281 e. The Morgan fingerprint density at radius 1 is 1.10 bits per heavy atom. The fraction of sp³-hybridized carbons (Fsp3) is 0.143. The molecule has 2 heterocycles. The summed E-state index contributed by atoms with van der Waals surface area (Å²) in [7, 11) is 0. The third-order valence-electron chi connectivity index (χ3n) is 2.96. The Hall–Kier alpha value is -1.29. The summed E-state index contributed by atoms with van der Waals surface area (Å²) in [6.07, 6.45) is 2.39. The number of alkyl halides is 1. The number of hydrogen-bond acceptors (Lipinski definition) is 2. The van der Waals surface area contributed by atoms with Gasteiger partial charge in [0.1, 0.15) is 11.3 Å². The van der Waals surface area contributed by atoms with Gasteiger partial charge in [0.25, 0.3) is 0 Å². The van der Waals surface area contributed by atoms with Crippen molar-refractivity contribution >= 4 is 46.0 Å². The summed E-state index contributed by atoms with van der Waals surface area (Å²) in [6.45, 7) is 0. The van der Waals surface area contributed by atoms with Gasteiger partial charge in [-0.1, -0.05) is 23.2 Å². The second-order valence-electron chi connectivity index (χ2n) is 4.25. The minimum absolute atomic E-state index is 0.491. The summed E-state index contributed by atoms with van der Waals surface area (Å²) in [6, 6.07) is 9.24. The Kier molecular flexibility index (Phi) is 3.83. The molecule has 0 N–H and O–H groups in total. The lowest BCUT2D eigenvalue weighted by atomic mass is 10.3. The molecule has 20 heavy (non-hydrogen) atoms. The normalized spacial score (nSPS) is 11.2. The number of nitrogens with zero attached hydrogens (tertiary/aromatic N) is 3. The van der Waals surface area contributed by atoms with Crippen molar-refractivity contribution in [3.63, 3.8) is 0 Å². The molecular weight excluding hydrogens is 317 g/mol. The first kappa shape index (κ1) is 13.7. The van der Waals surface area contributed by atoms with Gasteiger partial charge in [0.2, 0.25) is 0 Å². The highest BCUT2D eigenvalue weighted by molar-refractivity contribution is 6.42. The maximum atomic E-state index is 6.10. The Morgan fingerprint density at radius 3 is 2.70 bits per heavy atom. The van der Waals surface area contributed by atoms with E-state index in [4.69, 9.17) is 34.8 Å². The van der Waals surface area contributed by atoms with Crippen LogP contribution < -0.4 is 0 Å². The van der Waals surface area contributed by atoms with Crippen molar-refractivity contribution in [1.82, 2.24) is 14.5 Å². The molecule has 0 amide bonds. The maximum absolute atomic E-state index is 6.10. The summed E-state index contributed by atoms with van der Waals surface area (Å²) < 4.78 is 1.96. The third-order valence-corrected chi connectivity index (χ3v) is 3.89. The molecule has 0 saturated heterocycles. The lowest BCUT2D eigenvalue weighted by Crippen LogP contribution is -2.03. The number of hydrogen-bond donors (Lipinski definition) is 0. The molecule has 3 nitrogen and oxygen atoms in total. The van der Waals surface area contributed by atoms with Crippen LogP contribution in [0, 0.1) is 0 Å². The van der Waals surface area contributed by atoms with Crippen molar-refractivity contribution in [3.05, 3.63) is 52.4 Å². The van der Waals surface area contributed by atoms with Crippen molar-refractivity contribution in [2.45, 2.75) is 6.42 Å². The molecule has 6 heteroatoms. The average Bonchev–Trinajstić information content (AvgIpc) is 2.80. The first-order valence-electron chi connectivity index (χ1n) is 6.04. The molecule has 3 aromatic rings. The summed E-state index contributed by atoms with van der Waals surface area (Å²) in [4.78, 5) is 8.96. The van der Waals surface area contributed by atoms with E-state index in [0.29, 0.717) is 22.3 Å². The van der Waals surface area contributed by atoms with Gasteiger partial charge >= 0.3 is 0 Å². The zero-order valence-electron chi connectivity index (χ0n) is 10.4. The second-order valence-corrected chi connectivity index (χ2v) is 5.44. The molecule has 2 aromatic heterocycles. The van der Waals surface area contributed by atoms with Gasteiger partial charge in [-0.15, -0.1) is 11.6 Å². The third kappa shape index (κ3) is 2.37. The quantitative estimate of drug-likeness (QED) is 0.663. The van der Waals surface area contributed by atoms with E-state index in [2.05, 4.69) is 9.97 Å². The van der Waals surface area contributed by atoms with Crippen LogP contribution >= 0.6 is 34.8 Å². The number of benzene rings is 1. The molecule has 0 spiro atoms. The van der Waals surface area contributed by atoms with Gasteiger partial charge in [-0.2, -0.15) is 0 Å². The van der Waals surface area contributed by atoms with E-state index in [1.165, 1.54) is 0 Å². The zero-order chi connectivity index (χ0) is 14.1. The monoisotopic (exact) mass is 325 g/mol. The van der Waals surface area contributed by atoms with E-state index in [0.717, 1.165) is 22.7 Å². The Balaban J connectivity index is 2.26. The standard InChI is InChI=1S/C14H10Cl3N3/c15-6-5-13-19-12-2-1-7-18-14(12)20(13)9-3-4-10(16)11(17)8-9/h1-4,7-8H,5-6H2. The number of rotatable bonds is 3. The van der Waals surface area contributed by atoms with Gasteiger partial charge in [0.05, 0.1) is 15.7 Å². The molecule has 0 saturated carbocycles. The molecule has 0 unspecified atom stereocenters. The molecule has 0 aliphatic heterocycles. The number of imidazole rings is 1. The smallest absolute Gasteiger partial charge is 0.164 e. The van der Waals surface area contributed by atoms with Crippen LogP contribution in [0.4, 0.5) is 0 Å². The molecular formula is C14H10Cl3N3. The number of halogens is 3. The molecule has 0 atom stereocenters. The van der Waals surface area contributed by atoms with E-state index >= 15 is 0 Å². The zero-order valence-corrected chi connectivity index (χ0v) is 12.6. The van der Waals surface area contributed by atoms with E-state index < -0.39 is 0 Å². The molecule has 0 radical (unpaired) electrons. The first-order valence-corrected chi connectivity index (χ1v) is 7.33. The van der Waals surface area contributed by atoms with Crippen molar-refractivity contribution in [2.24, 2.45) is 0 Å². The summed E-state index contributed by atoms with van der Waals surface area (Å²) in [5.74, 6) is 1.34. The summed E-state index contributed by atoms with van der Waals surface area (Å²) in [5, 5.41) is 1.02. The van der Waals surface area contributed by atoms with Gasteiger partial charge in [-0.25, -0.2) is 9.97 Å². The highest BCUT2D eigenvalue weighted by Crippen LogP contribution is 2.27. The molecule has 0 aliphatic rings. The number of aryl methyl sites for hydroxylation is 1. The lowest BCUT2D eigenvalue weighted by Gasteiger charge is -2.09. The van der Waals surface area contributed by atoms with E-state index in [-0.39, 0.29) is 0 Å². The predicted octanol–water partition coefficient (Wildman–Crippen LogP) is 4.51. The molecule has 1 aromatic carbocycles. The topological polar surface area (TPSA) is 30.7 Å². The largest absolute Gasteiger partial charge is 0.281 e. The van der Waals surface area contributed by atoms with Crippen molar-refractivity contribution in [1.29, 1.82) is 0 Å². The summed E-state index contributed by atoms with van der Waals surface area (Å²) in [5.41, 5.74) is 2.49. The highest BCUT2D eigenvalue weighted by atomic mass is 35.5. The molecule has 102 valence electrons.